The fraction of sp³-hybridized carbons (Fsp3) is 0. The summed E-state index contributed by atoms with van der Waals surface area (Å²) in [6.45, 7) is 0. The third kappa shape index (κ3) is 2.89. The van der Waals surface area contributed by atoms with Crippen molar-refractivity contribution in [1.29, 1.82) is 5.26 Å². The minimum Gasteiger partial charge on any atom is -0.306 e. The van der Waals surface area contributed by atoms with Gasteiger partial charge < -0.3 is 5.21 Å². The molecule has 0 unspecified atom stereocenters. The molecule has 0 heterocycles. The minimum absolute atomic E-state index is 0.819. The van der Waals surface area contributed by atoms with Crippen LogP contribution < -0.4 is 0 Å². The van der Waals surface area contributed by atoms with Crippen molar-refractivity contribution in [3.63, 3.8) is 0 Å². The SMILES string of the molecule is N#C[N+](=O)O. The molecule has 0 atom stereocenters. The van der Waals surface area contributed by atoms with Crippen molar-refractivity contribution in [2.75, 3.05) is 0 Å². The van der Waals surface area contributed by atoms with Crippen molar-refractivity contribution in [3.05, 3.63) is 4.91 Å². The van der Waals surface area contributed by atoms with Gasteiger partial charge in [-0.05, 0) is 4.91 Å². The molecule has 0 radical (unpaired) electrons. The van der Waals surface area contributed by atoms with E-state index in [1.165, 1.54) is 0 Å². The van der Waals surface area contributed by atoms with Gasteiger partial charge in [-0.2, -0.15) is 0 Å². The molecule has 0 saturated carbocycles. The van der Waals surface area contributed by atoms with Crippen LogP contribution in [0.1, 0.15) is 0 Å². The Labute approximate surface area is 27.8 Å². The quantitative estimate of drug-likeness (QED) is 0.242. The molecule has 0 aromatic carbocycles. The average molecular weight is 73.0 g/mol. The summed E-state index contributed by atoms with van der Waals surface area (Å²) in [5.41, 5.74) is 0. The van der Waals surface area contributed by atoms with E-state index < -0.39 is 4.92 Å². The van der Waals surface area contributed by atoms with E-state index in [9.17, 15) is 0 Å². The number of nitriles is 1. The van der Waals surface area contributed by atoms with Crippen molar-refractivity contribution >= 4 is 0 Å². The van der Waals surface area contributed by atoms with Gasteiger partial charge in [0.2, 0.25) is 4.92 Å². The highest BCUT2D eigenvalue weighted by molar-refractivity contribution is 4.32. The fourth-order valence-corrected chi connectivity index (χ4v) is 0. The highest BCUT2D eigenvalue weighted by atomic mass is 16.6. The molecule has 0 saturated heterocycles. The standard InChI is InChI=1S/CHN2O2/c2-1-3(4)5/h(H,4,5)/q+1. The van der Waals surface area contributed by atoms with E-state index in [0.717, 1.165) is 6.19 Å². The molecule has 26 valence electrons. The summed E-state index contributed by atoms with van der Waals surface area (Å²) in [5, 5.41) is 14.5. The zero-order chi connectivity index (χ0) is 4.28. The molecule has 0 amide bonds. The lowest BCUT2D eigenvalue weighted by molar-refractivity contribution is -0.728. The lowest BCUT2D eigenvalue weighted by Crippen LogP contribution is -1.85. The van der Waals surface area contributed by atoms with Crippen LogP contribution in [0.5, 0.6) is 0 Å². The van der Waals surface area contributed by atoms with E-state index in [1.807, 2.05) is 0 Å². The van der Waals surface area contributed by atoms with E-state index >= 15 is 0 Å². The van der Waals surface area contributed by atoms with Gasteiger partial charge >= 0.3 is 6.19 Å². The first kappa shape index (κ1) is 3.89. The van der Waals surface area contributed by atoms with Gasteiger partial charge in [0.25, 0.3) is 0 Å². The van der Waals surface area contributed by atoms with Gasteiger partial charge in [0.15, 0.2) is 5.26 Å². The molecule has 0 aliphatic rings. The van der Waals surface area contributed by atoms with Gasteiger partial charge in [0.1, 0.15) is 0 Å². The maximum absolute atomic E-state index is 8.92. The second-order valence-corrected chi connectivity index (χ2v) is 0.373. The predicted molar refractivity (Wildman–Crippen MR) is 11.0 cm³/mol. The summed E-state index contributed by atoms with van der Waals surface area (Å²) in [7, 11) is 0. The molecule has 0 aromatic heterocycles. The summed E-state index contributed by atoms with van der Waals surface area (Å²) >= 11 is 0. The summed E-state index contributed by atoms with van der Waals surface area (Å²) < 4.78 is 0. The molecule has 0 bridgehead atoms. The van der Waals surface area contributed by atoms with Crippen molar-refractivity contribution in [1.82, 2.24) is 0 Å². The van der Waals surface area contributed by atoms with Gasteiger partial charge in [-0.25, -0.2) is 0 Å². The van der Waals surface area contributed by atoms with Crippen LogP contribution in [-0.4, -0.2) is 10.1 Å². The first-order chi connectivity index (χ1) is 2.27. The summed E-state index contributed by atoms with van der Waals surface area (Å²) in [4.78, 5) is 8.10. The average Bonchev–Trinajstić information content (AvgIpc) is 1.38. The van der Waals surface area contributed by atoms with Crippen LogP contribution in [0.2, 0.25) is 0 Å². The Bertz CT molecular complexity index is 80.1. The zero-order valence-electron chi connectivity index (χ0n) is 2.25. The molecule has 1 N–H and O–H groups in total. The number of hydrogen-bond acceptors (Lipinski definition) is 2. The first-order valence-electron chi connectivity index (χ1n) is 0.830. The Morgan fingerprint density at radius 3 is 2.20 bits per heavy atom. The highest BCUT2D eigenvalue weighted by Gasteiger charge is 1.86. The lowest BCUT2D eigenvalue weighted by atomic mass is 11.4. The van der Waals surface area contributed by atoms with E-state index in [0.29, 0.717) is 0 Å². The lowest BCUT2D eigenvalue weighted by Gasteiger charge is -1.49. The van der Waals surface area contributed by atoms with E-state index in [4.69, 9.17) is 15.4 Å². The Kier molecular flexibility index (Phi) is 0.962. The molecular weight excluding hydrogens is 72.0 g/mol. The van der Waals surface area contributed by atoms with Gasteiger partial charge in [0.05, 0.1) is 0 Å². The molecule has 0 aliphatic carbocycles. The van der Waals surface area contributed by atoms with Crippen LogP contribution >= 0.6 is 0 Å². The van der Waals surface area contributed by atoms with Crippen molar-refractivity contribution in [3.8, 4) is 6.19 Å². The molecule has 0 aliphatic heterocycles. The monoisotopic (exact) mass is 73.0 g/mol. The van der Waals surface area contributed by atoms with Crippen LogP contribution in [0, 0.1) is 16.4 Å². The minimum atomic E-state index is -0.819. The van der Waals surface area contributed by atoms with Crippen molar-refractivity contribution < 1.29 is 10.1 Å². The molecule has 0 rings (SSSR count). The van der Waals surface area contributed by atoms with Crippen LogP contribution in [0.25, 0.3) is 0 Å². The van der Waals surface area contributed by atoms with Gasteiger partial charge in [-0.15, -0.1) is 0 Å². The molecule has 4 nitrogen and oxygen atoms in total. The number of hydrogen-bond donors (Lipinski definition) is 1. The van der Waals surface area contributed by atoms with E-state index in [-0.39, 0.29) is 0 Å². The summed E-state index contributed by atoms with van der Waals surface area (Å²) in [6.07, 6.45) is 0.861. The Morgan fingerprint density at radius 1 is 2.00 bits per heavy atom. The second kappa shape index (κ2) is 1.24. The van der Waals surface area contributed by atoms with Crippen LogP contribution in [0.3, 0.4) is 0 Å². The van der Waals surface area contributed by atoms with Crippen LogP contribution in [0.15, 0.2) is 0 Å². The smallest absolute Gasteiger partial charge is 0.306 e. The Balaban J connectivity index is 3.35. The molecular formula is CHN2O2+. The molecule has 0 fully saturated rings. The highest BCUT2D eigenvalue weighted by Crippen LogP contribution is 1.44. The van der Waals surface area contributed by atoms with Crippen molar-refractivity contribution in [2.45, 2.75) is 0 Å². The van der Waals surface area contributed by atoms with Crippen LogP contribution in [-0.2, 0) is 0 Å². The fourth-order valence-electron chi connectivity index (χ4n) is 0. The Morgan fingerprint density at radius 2 is 2.20 bits per heavy atom. The third-order valence-corrected chi connectivity index (χ3v) is 0.0855. The topological polar surface area (TPSA) is 64.1 Å². The molecule has 0 aromatic rings. The summed E-state index contributed by atoms with van der Waals surface area (Å²) in [5.74, 6) is 0. The number of nitrogens with zero attached hydrogens (tertiary/aromatic N) is 2. The van der Waals surface area contributed by atoms with Crippen molar-refractivity contribution in [2.24, 2.45) is 0 Å². The largest absolute Gasteiger partial charge is 0.547 e. The van der Waals surface area contributed by atoms with Gasteiger partial charge in [-0.1, -0.05) is 0 Å². The first-order valence-corrected chi connectivity index (χ1v) is 0.830. The van der Waals surface area contributed by atoms with E-state index in [1.54, 1.807) is 0 Å². The molecule has 4 heteroatoms. The Hall–Kier alpha value is -1.11. The normalized spacial score (nSPS) is 5.40. The maximum Gasteiger partial charge on any atom is 0.547 e. The zero-order valence-corrected chi connectivity index (χ0v) is 2.25. The molecule has 5 heavy (non-hydrogen) atoms. The van der Waals surface area contributed by atoms with Gasteiger partial charge in [0, 0.05) is 0 Å². The second-order valence-electron chi connectivity index (χ2n) is 0.373. The third-order valence-electron chi connectivity index (χ3n) is 0.0855. The molecule has 0 spiro atoms. The maximum atomic E-state index is 8.92. The van der Waals surface area contributed by atoms with E-state index in [2.05, 4.69) is 0 Å². The predicted octanol–water partition coefficient (Wildman–Crippen LogP) is -0.364. The number of rotatable bonds is 0. The summed E-state index contributed by atoms with van der Waals surface area (Å²) in [6, 6.07) is 0. The van der Waals surface area contributed by atoms with Gasteiger partial charge in [-0.3, -0.25) is 0 Å². The van der Waals surface area contributed by atoms with Crippen LogP contribution in [0.4, 0.5) is 0 Å².